The first-order valence-electron chi connectivity index (χ1n) is 3.76. The number of hydrogen-bond acceptors (Lipinski definition) is 3. The van der Waals surface area contributed by atoms with Crippen LogP contribution in [0, 0.1) is 6.92 Å². The summed E-state index contributed by atoms with van der Waals surface area (Å²) in [5.41, 5.74) is 1.24. The molecule has 3 heteroatoms. The predicted octanol–water partition coefficient (Wildman–Crippen LogP) is 2.23. The number of methoxy groups -OCH3 is 1. The maximum absolute atomic E-state index is 5.19. The monoisotopic (exact) mass is 183 g/mol. The highest BCUT2D eigenvalue weighted by atomic mass is 32.2. The highest BCUT2D eigenvalue weighted by Crippen LogP contribution is 2.27. The minimum absolute atomic E-state index is 0.917. The molecule has 0 aliphatic carbocycles. The maximum atomic E-state index is 5.19. The minimum Gasteiger partial charge on any atom is -0.496 e. The average Bonchev–Trinajstić information content (AvgIpc) is 2.05. The lowest BCUT2D eigenvalue weighted by atomic mass is 10.2. The van der Waals surface area contributed by atoms with E-state index in [0.717, 1.165) is 10.6 Å². The Morgan fingerprint density at radius 3 is 2.75 bits per heavy atom. The number of benzene rings is 1. The van der Waals surface area contributed by atoms with Gasteiger partial charge in [0.1, 0.15) is 5.75 Å². The third-order valence-electron chi connectivity index (χ3n) is 1.53. The molecule has 0 amide bonds. The van der Waals surface area contributed by atoms with E-state index in [4.69, 9.17) is 4.74 Å². The lowest BCUT2D eigenvalue weighted by molar-refractivity contribution is 0.404. The number of aryl methyl sites for hydroxylation is 1. The molecule has 0 radical (unpaired) electrons. The quantitative estimate of drug-likeness (QED) is 0.726. The van der Waals surface area contributed by atoms with Crippen molar-refractivity contribution in [3.05, 3.63) is 23.8 Å². The lowest BCUT2D eigenvalue weighted by Gasteiger charge is -2.07. The largest absolute Gasteiger partial charge is 0.496 e. The molecule has 0 aromatic heterocycles. The number of ether oxygens (including phenoxy) is 1. The van der Waals surface area contributed by atoms with Crippen LogP contribution >= 0.6 is 11.9 Å². The third-order valence-corrected chi connectivity index (χ3v) is 2.27. The van der Waals surface area contributed by atoms with Crippen molar-refractivity contribution in [2.24, 2.45) is 0 Å². The first-order chi connectivity index (χ1) is 5.77. The standard InChI is InChI=1S/C9H13NOS/c1-7-4-5-8(11-3)9(6-7)12-10-2/h4-6,10H,1-3H3. The van der Waals surface area contributed by atoms with Crippen molar-refractivity contribution >= 4 is 11.9 Å². The molecule has 1 aromatic carbocycles. The van der Waals surface area contributed by atoms with Gasteiger partial charge in [0, 0.05) is 0 Å². The molecule has 66 valence electrons. The van der Waals surface area contributed by atoms with E-state index in [9.17, 15) is 0 Å². The van der Waals surface area contributed by atoms with Crippen molar-refractivity contribution in [3.8, 4) is 5.75 Å². The van der Waals surface area contributed by atoms with Gasteiger partial charge in [-0.05, 0) is 43.6 Å². The Balaban J connectivity index is 2.95. The van der Waals surface area contributed by atoms with Crippen molar-refractivity contribution in [3.63, 3.8) is 0 Å². The summed E-state index contributed by atoms with van der Waals surface area (Å²) < 4.78 is 8.21. The highest BCUT2D eigenvalue weighted by Gasteiger charge is 2.01. The Morgan fingerprint density at radius 2 is 2.17 bits per heavy atom. The topological polar surface area (TPSA) is 21.3 Å². The second-order valence-corrected chi connectivity index (χ2v) is 3.51. The van der Waals surface area contributed by atoms with Crippen LogP contribution in [-0.2, 0) is 0 Å². The molecule has 0 spiro atoms. The molecule has 12 heavy (non-hydrogen) atoms. The fraction of sp³-hybridized carbons (Fsp3) is 0.333. The van der Waals surface area contributed by atoms with E-state index in [1.807, 2.05) is 19.2 Å². The van der Waals surface area contributed by atoms with Crippen molar-refractivity contribution in [2.45, 2.75) is 11.8 Å². The van der Waals surface area contributed by atoms with Crippen LogP contribution in [0.15, 0.2) is 23.1 Å². The van der Waals surface area contributed by atoms with Crippen LogP contribution in [0.1, 0.15) is 5.56 Å². The molecule has 0 fully saturated rings. The van der Waals surface area contributed by atoms with Crippen LogP contribution in [0.4, 0.5) is 0 Å². The van der Waals surface area contributed by atoms with E-state index in [0.29, 0.717) is 0 Å². The Morgan fingerprint density at radius 1 is 1.42 bits per heavy atom. The van der Waals surface area contributed by atoms with Gasteiger partial charge >= 0.3 is 0 Å². The number of rotatable bonds is 3. The van der Waals surface area contributed by atoms with Crippen LogP contribution in [0.5, 0.6) is 5.75 Å². The average molecular weight is 183 g/mol. The molecule has 0 bridgehead atoms. The van der Waals surface area contributed by atoms with Crippen LogP contribution in [-0.4, -0.2) is 14.2 Å². The Bertz CT molecular complexity index is 263. The minimum atomic E-state index is 0.917. The van der Waals surface area contributed by atoms with Gasteiger partial charge in [-0.15, -0.1) is 0 Å². The first kappa shape index (κ1) is 9.42. The van der Waals surface area contributed by atoms with Gasteiger partial charge < -0.3 is 4.74 Å². The zero-order chi connectivity index (χ0) is 8.97. The summed E-state index contributed by atoms with van der Waals surface area (Å²) >= 11 is 1.57. The smallest absolute Gasteiger partial charge is 0.133 e. The molecule has 0 saturated heterocycles. The van der Waals surface area contributed by atoms with Gasteiger partial charge in [0.25, 0.3) is 0 Å². The van der Waals surface area contributed by atoms with Crippen LogP contribution < -0.4 is 9.46 Å². The molecule has 1 rings (SSSR count). The van der Waals surface area contributed by atoms with Gasteiger partial charge in [-0.25, -0.2) is 0 Å². The fourth-order valence-electron chi connectivity index (χ4n) is 0.974. The number of nitrogens with one attached hydrogen (secondary N) is 1. The maximum Gasteiger partial charge on any atom is 0.133 e. The summed E-state index contributed by atoms with van der Waals surface area (Å²) in [6.45, 7) is 2.07. The van der Waals surface area contributed by atoms with E-state index in [1.54, 1.807) is 19.1 Å². The lowest BCUT2D eigenvalue weighted by Crippen LogP contribution is -1.94. The van der Waals surface area contributed by atoms with E-state index < -0.39 is 0 Å². The molecule has 0 saturated carbocycles. The van der Waals surface area contributed by atoms with Crippen molar-refractivity contribution in [1.29, 1.82) is 0 Å². The summed E-state index contributed by atoms with van der Waals surface area (Å²) in [7, 11) is 3.58. The predicted molar refractivity (Wildman–Crippen MR) is 52.6 cm³/mol. The molecule has 1 N–H and O–H groups in total. The van der Waals surface area contributed by atoms with Gasteiger partial charge in [-0.1, -0.05) is 6.07 Å². The Kier molecular flexibility index (Phi) is 3.44. The second kappa shape index (κ2) is 4.38. The zero-order valence-corrected chi connectivity index (χ0v) is 8.37. The summed E-state index contributed by atoms with van der Waals surface area (Å²) in [6.07, 6.45) is 0. The van der Waals surface area contributed by atoms with Crippen molar-refractivity contribution in [2.75, 3.05) is 14.2 Å². The Hall–Kier alpha value is -0.670. The Labute approximate surface area is 77.4 Å². The summed E-state index contributed by atoms with van der Waals surface area (Å²) in [4.78, 5) is 1.12. The van der Waals surface area contributed by atoms with E-state index in [1.165, 1.54) is 5.56 Å². The molecule has 0 atom stereocenters. The van der Waals surface area contributed by atoms with E-state index >= 15 is 0 Å². The van der Waals surface area contributed by atoms with Crippen LogP contribution in [0.3, 0.4) is 0 Å². The van der Waals surface area contributed by atoms with E-state index in [2.05, 4.69) is 17.7 Å². The summed E-state index contributed by atoms with van der Waals surface area (Å²) in [6, 6.07) is 6.12. The molecule has 0 aliphatic rings. The van der Waals surface area contributed by atoms with E-state index in [-0.39, 0.29) is 0 Å². The molecule has 0 aliphatic heterocycles. The summed E-state index contributed by atoms with van der Waals surface area (Å²) in [5, 5.41) is 0. The zero-order valence-electron chi connectivity index (χ0n) is 7.55. The molecule has 1 aromatic rings. The van der Waals surface area contributed by atoms with Crippen molar-refractivity contribution in [1.82, 2.24) is 4.72 Å². The molecular weight excluding hydrogens is 170 g/mol. The molecule has 0 unspecified atom stereocenters. The van der Waals surface area contributed by atoms with Gasteiger partial charge in [-0.3, -0.25) is 4.72 Å². The fourth-order valence-corrected chi connectivity index (χ4v) is 1.69. The third kappa shape index (κ3) is 2.16. The molecule has 0 heterocycles. The molecular formula is C9H13NOS. The SMILES string of the molecule is CNSc1cc(C)ccc1OC. The molecule has 2 nitrogen and oxygen atoms in total. The van der Waals surface area contributed by atoms with Gasteiger partial charge in [0.05, 0.1) is 12.0 Å². The van der Waals surface area contributed by atoms with Crippen LogP contribution in [0.25, 0.3) is 0 Å². The van der Waals surface area contributed by atoms with Gasteiger partial charge in [-0.2, -0.15) is 0 Å². The van der Waals surface area contributed by atoms with Crippen molar-refractivity contribution < 1.29 is 4.74 Å². The van der Waals surface area contributed by atoms with Gasteiger partial charge in [0.2, 0.25) is 0 Å². The van der Waals surface area contributed by atoms with Crippen LogP contribution in [0.2, 0.25) is 0 Å². The number of hydrogen-bond donors (Lipinski definition) is 1. The normalized spacial score (nSPS) is 9.92. The second-order valence-electron chi connectivity index (χ2n) is 2.46. The van der Waals surface area contributed by atoms with Gasteiger partial charge in [0.15, 0.2) is 0 Å². The summed E-state index contributed by atoms with van der Waals surface area (Å²) in [5.74, 6) is 0.917. The highest BCUT2D eigenvalue weighted by molar-refractivity contribution is 7.97. The first-order valence-corrected chi connectivity index (χ1v) is 4.58.